The third-order valence-electron chi connectivity index (χ3n) is 1.28. The lowest BCUT2D eigenvalue weighted by Gasteiger charge is -2.01. The van der Waals surface area contributed by atoms with Gasteiger partial charge < -0.3 is 15.0 Å². The van der Waals surface area contributed by atoms with E-state index in [1.807, 2.05) is 4.57 Å². The maximum absolute atomic E-state index is 5.53. The van der Waals surface area contributed by atoms with Gasteiger partial charge in [-0.15, -0.1) is 0 Å². The van der Waals surface area contributed by atoms with Crippen LogP contribution >= 0.6 is 0 Å². The summed E-state index contributed by atoms with van der Waals surface area (Å²) in [5.41, 5.74) is 5.53. The highest BCUT2D eigenvalue weighted by atomic mass is 16.5. The summed E-state index contributed by atoms with van der Waals surface area (Å²) in [6, 6.07) is 0. The number of imidazole rings is 1. The van der Waals surface area contributed by atoms with Gasteiger partial charge in [0.05, 0.1) is 19.1 Å². The first-order valence-electron chi connectivity index (χ1n) is 3.09. The molecule has 0 saturated carbocycles. The van der Waals surface area contributed by atoms with Gasteiger partial charge >= 0.3 is 0 Å². The number of rotatable bonds is 3. The van der Waals surface area contributed by atoms with E-state index in [1.54, 1.807) is 19.6 Å². The lowest BCUT2D eigenvalue weighted by Crippen LogP contribution is -2.05. The van der Waals surface area contributed by atoms with Crippen LogP contribution in [0.3, 0.4) is 0 Å². The van der Waals surface area contributed by atoms with Crippen molar-refractivity contribution < 1.29 is 4.74 Å². The Balaban J connectivity index is 2.49. The quantitative estimate of drug-likeness (QED) is 0.650. The van der Waals surface area contributed by atoms with Crippen molar-refractivity contribution >= 4 is 5.82 Å². The van der Waals surface area contributed by atoms with Gasteiger partial charge in [0.15, 0.2) is 0 Å². The molecule has 0 fully saturated rings. The van der Waals surface area contributed by atoms with Crippen LogP contribution in [0.4, 0.5) is 5.82 Å². The number of aromatic nitrogens is 2. The van der Waals surface area contributed by atoms with Gasteiger partial charge in [0.1, 0.15) is 5.82 Å². The fraction of sp³-hybridized carbons (Fsp3) is 0.500. The van der Waals surface area contributed by atoms with E-state index in [9.17, 15) is 0 Å². The second-order valence-electron chi connectivity index (χ2n) is 2.00. The summed E-state index contributed by atoms with van der Waals surface area (Å²) >= 11 is 0. The molecule has 2 N–H and O–H groups in total. The fourth-order valence-corrected chi connectivity index (χ4v) is 0.707. The average molecular weight is 141 g/mol. The number of ether oxygens (including phenoxy) is 1. The Bertz CT molecular complexity index is 197. The number of nitrogens with zero attached hydrogens (tertiary/aromatic N) is 2. The minimum absolute atomic E-state index is 0.667. The Morgan fingerprint density at radius 1 is 1.80 bits per heavy atom. The zero-order valence-electron chi connectivity index (χ0n) is 5.95. The molecule has 0 bridgehead atoms. The molecular formula is C6H11N3O. The van der Waals surface area contributed by atoms with Crippen molar-refractivity contribution in [3.8, 4) is 0 Å². The van der Waals surface area contributed by atoms with Crippen LogP contribution in [0.25, 0.3) is 0 Å². The van der Waals surface area contributed by atoms with E-state index in [4.69, 9.17) is 10.5 Å². The van der Waals surface area contributed by atoms with Crippen LogP contribution in [0.1, 0.15) is 0 Å². The van der Waals surface area contributed by atoms with E-state index in [1.165, 1.54) is 0 Å². The molecule has 0 aromatic carbocycles. The largest absolute Gasteiger partial charge is 0.384 e. The standard InChI is InChI=1S/C6H11N3O/c1-10-3-2-9-5-8-4-6(9)7/h4-5H,2-3,7H2,1H3. The van der Waals surface area contributed by atoms with Crippen LogP contribution in [0.15, 0.2) is 12.5 Å². The molecule has 0 aliphatic heterocycles. The Labute approximate surface area is 59.6 Å². The fourth-order valence-electron chi connectivity index (χ4n) is 0.707. The van der Waals surface area contributed by atoms with Gasteiger partial charge in [-0.1, -0.05) is 0 Å². The lowest BCUT2D eigenvalue weighted by atomic mass is 10.6. The predicted molar refractivity (Wildman–Crippen MR) is 38.5 cm³/mol. The number of hydrogen-bond donors (Lipinski definition) is 1. The minimum atomic E-state index is 0.667. The number of hydrogen-bond acceptors (Lipinski definition) is 3. The molecular weight excluding hydrogens is 130 g/mol. The normalized spacial score (nSPS) is 10.1. The number of methoxy groups -OCH3 is 1. The molecule has 0 radical (unpaired) electrons. The van der Waals surface area contributed by atoms with Crippen molar-refractivity contribution in [2.45, 2.75) is 6.54 Å². The topological polar surface area (TPSA) is 53.1 Å². The summed E-state index contributed by atoms with van der Waals surface area (Å²) in [7, 11) is 1.66. The molecule has 0 unspecified atom stereocenters. The second kappa shape index (κ2) is 3.22. The Morgan fingerprint density at radius 3 is 3.10 bits per heavy atom. The molecule has 4 nitrogen and oxygen atoms in total. The summed E-state index contributed by atoms with van der Waals surface area (Å²) in [5, 5.41) is 0. The van der Waals surface area contributed by atoms with Crippen molar-refractivity contribution in [1.82, 2.24) is 9.55 Å². The zero-order valence-corrected chi connectivity index (χ0v) is 5.95. The highest BCUT2D eigenvalue weighted by Gasteiger charge is 1.93. The Hall–Kier alpha value is -1.03. The maximum Gasteiger partial charge on any atom is 0.123 e. The molecule has 4 heteroatoms. The summed E-state index contributed by atoms with van der Waals surface area (Å²) in [6.45, 7) is 1.43. The number of nitrogen functional groups attached to an aromatic ring is 1. The number of nitrogens with two attached hydrogens (primary N) is 1. The lowest BCUT2D eigenvalue weighted by molar-refractivity contribution is 0.188. The van der Waals surface area contributed by atoms with E-state index in [2.05, 4.69) is 4.98 Å². The second-order valence-corrected chi connectivity index (χ2v) is 2.00. The first-order chi connectivity index (χ1) is 4.84. The van der Waals surface area contributed by atoms with Crippen LogP contribution in [-0.4, -0.2) is 23.3 Å². The molecule has 0 saturated heterocycles. The molecule has 10 heavy (non-hydrogen) atoms. The molecule has 0 atom stereocenters. The predicted octanol–water partition coefficient (Wildman–Crippen LogP) is 0.112. The SMILES string of the molecule is COCCn1cncc1N. The molecule has 0 spiro atoms. The molecule has 1 aromatic rings. The third kappa shape index (κ3) is 1.48. The first-order valence-corrected chi connectivity index (χ1v) is 3.09. The van der Waals surface area contributed by atoms with Crippen molar-refractivity contribution in [1.29, 1.82) is 0 Å². The van der Waals surface area contributed by atoms with E-state index in [-0.39, 0.29) is 0 Å². The highest BCUT2D eigenvalue weighted by molar-refractivity contribution is 5.24. The zero-order chi connectivity index (χ0) is 7.40. The van der Waals surface area contributed by atoms with Crippen molar-refractivity contribution in [3.63, 3.8) is 0 Å². The molecule has 1 heterocycles. The molecule has 1 aromatic heterocycles. The molecule has 0 aliphatic carbocycles. The van der Waals surface area contributed by atoms with E-state index in [0.717, 1.165) is 6.54 Å². The van der Waals surface area contributed by atoms with Gasteiger partial charge in [-0.25, -0.2) is 4.98 Å². The summed E-state index contributed by atoms with van der Waals surface area (Å²) in [6.07, 6.45) is 3.31. The Kier molecular flexibility index (Phi) is 2.28. The van der Waals surface area contributed by atoms with Crippen molar-refractivity contribution in [2.75, 3.05) is 19.5 Å². The molecule has 0 aliphatic rings. The van der Waals surface area contributed by atoms with Crippen LogP contribution < -0.4 is 5.73 Å². The van der Waals surface area contributed by atoms with Gasteiger partial charge in [0.25, 0.3) is 0 Å². The van der Waals surface area contributed by atoms with Gasteiger partial charge in [0, 0.05) is 13.7 Å². The summed E-state index contributed by atoms with van der Waals surface area (Å²) < 4.78 is 6.70. The molecule has 56 valence electrons. The molecule has 1 rings (SSSR count). The van der Waals surface area contributed by atoms with Gasteiger partial charge in [-0.05, 0) is 0 Å². The minimum Gasteiger partial charge on any atom is -0.384 e. The average Bonchev–Trinajstić information content (AvgIpc) is 2.31. The monoisotopic (exact) mass is 141 g/mol. The third-order valence-corrected chi connectivity index (χ3v) is 1.28. The smallest absolute Gasteiger partial charge is 0.123 e. The maximum atomic E-state index is 5.53. The van der Waals surface area contributed by atoms with Gasteiger partial charge in [-0.3, -0.25) is 0 Å². The van der Waals surface area contributed by atoms with E-state index in [0.29, 0.717) is 12.4 Å². The Morgan fingerprint density at radius 2 is 2.60 bits per heavy atom. The molecule has 0 amide bonds. The summed E-state index contributed by atoms with van der Waals surface area (Å²) in [4.78, 5) is 3.86. The van der Waals surface area contributed by atoms with E-state index < -0.39 is 0 Å². The van der Waals surface area contributed by atoms with Crippen molar-refractivity contribution in [3.05, 3.63) is 12.5 Å². The summed E-state index contributed by atoms with van der Waals surface area (Å²) in [5.74, 6) is 0.678. The highest BCUT2D eigenvalue weighted by Crippen LogP contribution is 1.98. The first kappa shape index (κ1) is 7.08. The van der Waals surface area contributed by atoms with Crippen LogP contribution in [-0.2, 0) is 11.3 Å². The van der Waals surface area contributed by atoms with Gasteiger partial charge in [-0.2, -0.15) is 0 Å². The van der Waals surface area contributed by atoms with Crippen LogP contribution in [0, 0.1) is 0 Å². The van der Waals surface area contributed by atoms with Crippen LogP contribution in [0.5, 0.6) is 0 Å². The van der Waals surface area contributed by atoms with Gasteiger partial charge in [0.2, 0.25) is 0 Å². The van der Waals surface area contributed by atoms with Crippen molar-refractivity contribution in [2.24, 2.45) is 0 Å². The van der Waals surface area contributed by atoms with Crippen LogP contribution in [0.2, 0.25) is 0 Å². The van der Waals surface area contributed by atoms with E-state index >= 15 is 0 Å². The number of anilines is 1.